The number of thiocarbonyl (C=S) groups is 1. The van der Waals surface area contributed by atoms with Crippen molar-refractivity contribution >= 4 is 33.9 Å². The molecule has 0 fully saturated rings. The monoisotopic (exact) mass is 312 g/mol. The zero-order valence-corrected chi connectivity index (χ0v) is 11.6. The molecule has 18 heavy (non-hydrogen) atoms. The summed E-state index contributed by atoms with van der Waals surface area (Å²) >= 11 is 5.05. The van der Waals surface area contributed by atoms with Crippen LogP contribution in [0.3, 0.4) is 0 Å². The van der Waals surface area contributed by atoms with Crippen molar-refractivity contribution in [3.8, 4) is 5.88 Å². The van der Waals surface area contributed by atoms with E-state index in [4.69, 9.17) is 12.2 Å². The molecule has 0 aliphatic heterocycles. The predicted octanol–water partition coefficient (Wildman–Crippen LogP) is 0.882. The summed E-state index contributed by atoms with van der Waals surface area (Å²) in [6.45, 7) is 0. The molecule has 0 bridgehead atoms. The Morgan fingerprint density at radius 3 is 2.72 bits per heavy atom. The van der Waals surface area contributed by atoms with Crippen molar-refractivity contribution in [1.82, 2.24) is 9.88 Å². The zero-order chi connectivity index (χ0) is 12.4. The van der Waals surface area contributed by atoms with Crippen LogP contribution in [0.2, 0.25) is 0 Å². The molecule has 2 rings (SSSR count). The number of para-hydroxylation sites is 1. The maximum absolute atomic E-state index is 9.74. The summed E-state index contributed by atoms with van der Waals surface area (Å²) in [5.74, 6) is 0.0280. The number of hydrogen-bond acceptors (Lipinski definition) is 3. The van der Waals surface area contributed by atoms with Crippen LogP contribution < -0.4 is 5.11 Å². The molecule has 2 aromatic rings. The first-order chi connectivity index (χ1) is 8.09. The number of H-pyrrole nitrogens is 1. The number of aromatic amines is 1. The molecular weight excluding hydrogens is 300 g/mol. The second-order valence-electron chi connectivity index (χ2n) is 3.79. The Balaban J connectivity index is 0.00000162. The molecule has 7 heteroatoms. The molecule has 0 aliphatic carbocycles. The number of nitrogens with zero attached hydrogens (tertiary/aromatic N) is 2. The summed E-state index contributed by atoms with van der Waals surface area (Å²) < 4.78 is 0. The predicted molar refractivity (Wildman–Crippen MR) is 69.3 cm³/mol. The molecule has 0 saturated heterocycles. The van der Waals surface area contributed by atoms with Gasteiger partial charge in [-0.05, 0) is 6.07 Å². The van der Waals surface area contributed by atoms with Gasteiger partial charge in [0, 0.05) is 17.6 Å². The van der Waals surface area contributed by atoms with Gasteiger partial charge in [-0.2, -0.15) is 0 Å². The second kappa shape index (κ2) is 5.95. The number of benzene rings is 1. The van der Waals surface area contributed by atoms with E-state index in [1.165, 1.54) is 0 Å². The van der Waals surface area contributed by atoms with Crippen molar-refractivity contribution in [1.29, 1.82) is 0 Å². The van der Waals surface area contributed by atoms with Gasteiger partial charge in [0.2, 0.25) is 5.88 Å². The van der Waals surface area contributed by atoms with E-state index in [2.05, 4.69) is 15.2 Å². The third-order valence-electron chi connectivity index (χ3n) is 2.33. The molecule has 0 amide bonds. The third kappa shape index (κ3) is 2.87. The Hall–Kier alpha value is -1.43. The van der Waals surface area contributed by atoms with Gasteiger partial charge in [0.1, 0.15) is 0 Å². The number of aromatic hydroxyl groups is 1. The van der Waals surface area contributed by atoms with Crippen LogP contribution in [0.4, 0.5) is 5.69 Å². The van der Waals surface area contributed by atoms with E-state index in [0.717, 1.165) is 10.9 Å². The van der Waals surface area contributed by atoms with Crippen molar-refractivity contribution in [3.05, 3.63) is 24.3 Å². The summed E-state index contributed by atoms with van der Waals surface area (Å²) in [7, 11) is 3.64. The van der Waals surface area contributed by atoms with Gasteiger partial charge in [0.05, 0.1) is 19.6 Å². The van der Waals surface area contributed by atoms with Crippen molar-refractivity contribution in [2.24, 2.45) is 5.11 Å². The fourth-order valence-electron chi connectivity index (χ4n) is 1.43. The minimum atomic E-state index is 0. The molecule has 97 valence electrons. The molecule has 1 heterocycles. The van der Waals surface area contributed by atoms with Crippen molar-refractivity contribution in [2.75, 3.05) is 14.1 Å². The maximum atomic E-state index is 9.74. The van der Waals surface area contributed by atoms with Crippen LogP contribution in [0.1, 0.15) is 0 Å². The van der Waals surface area contributed by atoms with Crippen LogP contribution in [0, 0.1) is 0 Å². The standard InChI is InChI=1S/C11H12N4OS.Cu/c1-15(2)11(17)14-13-9-7-5-3-4-6-8(7)12-10(9)16;/h3-6,12,16H,1-2H3;/q;+2/p+1. The van der Waals surface area contributed by atoms with E-state index in [9.17, 15) is 5.11 Å². The first-order valence-corrected chi connectivity index (χ1v) is 5.48. The number of rotatable bonds is 1. The topological polar surface area (TPSA) is 65.6 Å². The molecule has 0 saturated carbocycles. The largest absolute Gasteiger partial charge is 2.00 e. The quantitative estimate of drug-likeness (QED) is 0.416. The van der Waals surface area contributed by atoms with Crippen molar-refractivity contribution in [2.45, 2.75) is 0 Å². The molecule has 0 atom stereocenters. The van der Waals surface area contributed by atoms with Crippen LogP contribution in [0.15, 0.2) is 29.4 Å². The number of hydrogen-bond donors (Lipinski definition) is 3. The van der Waals surface area contributed by atoms with E-state index in [0.29, 0.717) is 10.8 Å². The van der Waals surface area contributed by atoms with Crippen molar-refractivity contribution in [3.63, 3.8) is 0 Å². The van der Waals surface area contributed by atoms with Crippen LogP contribution >= 0.6 is 12.2 Å². The van der Waals surface area contributed by atoms with Crippen LogP contribution in [0.5, 0.6) is 5.88 Å². The molecule has 5 nitrogen and oxygen atoms in total. The Labute approximate surface area is 120 Å². The van der Waals surface area contributed by atoms with Crippen LogP contribution in [0.25, 0.3) is 10.9 Å². The summed E-state index contributed by atoms with van der Waals surface area (Å²) in [5.41, 5.74) is 1.30. The fraction of sp³-hybridized carbons (Fsp3) is 0.182. The van der Waals surface area contributed by atoms with Gasteiger partial charge in [-0.15, -0.1) is 5.11 Å². The SMILES string of the molecule is CN(C)C(=S)[NH+]=Nc1c(O)[nH]c2ccccc12.[Cu+2]. The van der Waals surface area contributed by atoms with Crippen LogP contribution in [-0.4, -0.2) is 34.2 Å². The average molecular weight is 313 g/mol. The van der Waals surface area contributed by atoms with Gasteiger partial charge >= 0.3 is 22.2 Å². The summed E-state index contributed by atoms with van der Waals surface area (Å²) in [6, 6.07) is 7.53. The van der Waals surface area contributed by atoms with Gasteiger partial charge in [0.25, 0.3) is 0 Å². The zero-order valence-electron chi connectivity index (χ0n) is 9.86. The minimum Gasteiger partial charge on any atom is -0.493 e. The first kappa shape index (κ1) is 14.6. The minimum absolute atomic E-state index is 0. The molecule has 0 aliphatic rings. The molecule has 1 aromatic heterocycles. The molecular formula is C11H13CuN4OS+3. The van der Waals surface area contributed by atoms with Crippen LogP contribution in [-0.2, 0) is 17.1 Å². The number of fused-ring (bicyclic) bond motifs is 1. The van der Waals surface area contributed by atoms with E-state index in [1.807, 2.05) is 38.4 Å². The van der Waals surface area contributed by atoms with Gasteiger partial charge in [-0.3, -0.25) is 4.90 Å². The van der Waals surface area contributed by atoms with E-state index in [-0.39, 0.29) is 22.9 Å². The first-order valence-electron chi connectivity index (χ1n) is 5.07. The Kier molecular flexibility index (Phi) is 4.84. The molecule has 1 radical (unpaired) electrons. The fourth-order valence-corrected chi connectivity index (χ4v) is 1.48. The van der Waals surface area contributed by atoms with E-state index >= 15 is 0 Å². The normalized spacial score (nSPS) is 10.6. The van der Waals surface area contributed by atoms with E-state index in [1.54, 1.807) is 4.90 Å². The third-order valence-corrected chi connectivity index (χ3v) is 2.79. The number of nitrogens with one attached hydrogen (secondary N) is 2. The Morgan fingerprint density at radius 2 is 2.06 bits per heavy atom. The van der Waals surface area contributed by atoms with Gasteiger partial charge in [0.15, 0.2) is 5.69 Å². The van der Waals surface area contributed by atoms with Gasteiger partial charge in [-0.1, -0.05) is 23.3 Å². The molecule has 1 aromatic carbocycles. The van der Waals surface area contributed by atoms with Gasteiger partial charge in [-0.25, -0.2) is 0 Å². The molecule has 3 N–H and O–H groups in total. The second-order valence-corrected chi connectivity index (χ2v) is 4.18. The Morgan fingerprint density at radius 1 is 1.39 bits per heavy atom. The number of aromatic nitrogens is 1. The average Bonchev–Trinajstić information content (AvgIpc) is 2.61. The smallest absolute Gasteiger partial charge is 0.493 e. The van der Waals surface area contributed by atoms with Crippen molar-refractivity contribution < 1.29 is 27.3 Å². The number of azo groups is 1. The van der Waals surface area contributed by atoms with Gasteiger partial charge < -0.3 is 10.1 Å². The Bertz CT molecular complexity index is 594. The van der Waals surface area contributed by atoms with E-state index < -0.39 is 0 Å². The molecule has 0 unspecified atom stereocenters. The summed E-state index contributed by atoms with van der Waals surface area (Å²) in [4.78, 5) is 4.57. The summed E-state index contributed by atoms with van der Waals surface area (Å²) in [6.07, 6.45) is 0. The maximum Gasteiger partial charge on any atom is 2.00 e. The summed E-state index contributed by atoms with van der Waals surface area (Å²) in [5, 5.41) is 17.9. The molecule has 0 spiro atoms.